The van der Waals surface area contributed by atoms with Crippen LogP contribution in [0.4, 0.5) is 0 Å². The maximum Gasteiger partial charge on any atom is 0.472 e. The van der Waals surface area contributed by atoms with Crippen molar-refractivity contribution in [1.29, 1.82) is 0 Å². The molecule has 1 N–H and O–H groups in total. The summed E-state index contributed by atoms with van der Waals surface area (Å²) in [5, 5.41) is 0. The molecule has 0 aliphatic rings. The maximum absolute atomic E-state index is 12.8. The fourth-order valence-corrected chi connectivity index (χ4v) is 7.03. The molecule has 0 spiro atoms. The highest BCUT2D eigenvalue weighted by Gasteiger charge is 2.26. The third-order valence-electron chi connectivity index (χ3n) is 10.2. The summed E-state index contributed by atoms with van der Waals surface area (Å²) in [6.07, 6.45) is 72.1. The Kier molecular flexibility index (Phi) is 46.6. The second-order valence-electron chi connectivity index (χ2n) is 17.8. The predicted molar refractivity (Wildman–Crippen MR) is 288 cm³/mol. The van der Waals surface area contributed by atoms with E-state index in [9.17, 15) is 14.3 Å². The number of ether oxygens (including phenoxy) is 2. The van der Waals surface area contributed by atoms with Crippen molar-refractivity contribution in [3.8, 4) is 0 Å². The quantitative estimate of drug-likeness (QED) is 0.0214. The summed E-state index contributed by atoms with van der Waals surface area (Å²) in [4.78, 5) is 23.0. The van der Waals surface area contributed by atoms with Crippen LogP contribution in [-0.4, -0.2) is 75.6 Å². The SMILES string of the molecule is CC/C=C\C/C=C\C/C=C\C/C=C\C/C=C\C/C=C\CCCCCOCC(COP(=O)(O)OCC[N+](C)(C)C)OC(=O)CCCCCCCCC/C=C\C/C=C\C/C=C\C/C=C\C/C=C\CC. The van der Waals surface area contributed by atoms with E-state index >= 15 is 0 Å². The van der Waals surface area contributed by atoms with Crippen LogP contribution in [0.5, 0.6) is 0 Å². The lowest BCUT2D eigenvalue weighted by atomic mass is 10.1. The van der Waals surface area contributed by atoms with Gasteiger partial charge in [0.15, 0.2) is 0 Å². The van der Waals surface area contributed by atoms with Crippen molar-refractivity contribution in [3.63, 3.8) is 0 Å². The molecule has 0 fully saturated rings. The van der Waals surface area contributed by atoms with Gasteiger partial charge in [0.1, 0.15) is 19.3 Å². The molecule has 0 amide bonds. The van der Waals surface area contributed by atoms with Crippen molar-refractivity contribution < 1.29 is 37.3 Å². The summed E-state index contributed by atoms with van der Waals surface area (Å²) in [6, 6.07) is 0. The Morgan fingerprint density at radius 3 is 1.22 bits per heavy atom. The third kappa shape index (κ3) is 53.5. The predicted octanol–water partition coefficient (Wildman–Crippen LogP) is 16.3. The minimum absolute atomic E-state index is 0.0705. The monoisotopic (exact) mass is 951 g/mol. The molecule has 0 aromatic rings. The number of phosphoric acid groups is 1. The van der Waals surface area contributed by atoms with Crippen molar-refractivity contribution in [1.82, 2.24) is 0 Å². The molecule has 0 saturated heterocycles. The molecule has 0 aliphatic carbocycles. The summed E-state index contributed by atoms with van der Waals surface area (Å²) < 4.78 is 35.1. The molecule has 2 atom stereocenters. The normalized spacial score (nSPS) is 14.7. The number of phosphoric ester groups is 1. The Hall–Kier alpha value is -3.36. The number of allylic oxidation sites excluding steroid dienone is 22. The zero-order valence-corrected chi connectivity index (χ0v) is 44.0. The van der Waals surface area contributed by atoms with Crippen LogP contribution in [0.15, 0.2) is 134 Å². The molecule has 0 aromatic carbocycles. The molecule has 0 saturated carbocycles. The molecule has 8 nitrogen and oxygen atoms in total. The van der Waals surface area contributed by atoms with E-state index < -0.39 is 13.9 Å². The van der Waals surface area contributed by atoms with Gasteiger partial charge in [-0.15, -0.1) is 0 Å². The van der Waals surface area contributed by atoms with Gasteiger partial charge in [-0.25, -0.2) is 4.57 Å². The van der Waals surface area contributed by atoms with Gasteiger partial charge in [0.05, 0.1) is 34.4 Å². The first-order chi connectivity index (χ1) is 32.6. The molecular weight excluding hydrogens is 854 g/mol. The average molecular weight is 951 g/mol. The second kappa shape index (κ2) is 49.1. The molecule has 0 aromatic heterocycles. The lowest BCUT2D eigenvalue weighted by Crippen LogP contribution is -2.37. The van der Waals surface area contributed by atoms with Gasteiger partial charge < -0.3 is 18.9 Å². The zero-order valence-electron chi connectivity index (χ0n) is 43.1. The Bertz CT molecular complexity index is 1520. The van der Waals surface area contributed by atoms with E-state index in [-0.39, 0.29) is 25.8 Å². The number of carbonyl (C=O) groups is 1. The van der Waals surface area contributed by atoms with Crippen LogP contribution in [0.25, 0.3) is 0 Å². The summed E-state index contributed by atoms with van der Waals surface area (Å²) in [5.41, 5.74) is 0. The van der Waals surface area contributed by atoms with Crippen LogP contribution >= 0.6 is 7.82 Å². The van der Waals surface area contributed by atoms with E-state index in [0.29, 0.717) is 24.1 Å². The topological polar surface area (TPSA) is 91.3 Å². The molecule has 0 aliphatic heterocycles. The number of carbonyl (C=O) groups excluding carboxylic acids is 1. The Balaban J connectivity index is 4.29. The number of hydrogen-bond donors (Lipinski definition) is 1. The van der Waals surface area contributed by atoms with E-state index in [1.807, 2.05) is 21.1 Å². The second-order valence-corrected chi connectivity index (χ2v) is 19.2. The highest BCUT2D eigenvalue weighted by Crippen LogP contribution is 2.43. The Morgan fingerprint density at radius 1 is 0.463 bits per heavy atom. The fraction of sp³-hybridized carbons (Fsp3) is 0.603. The molecular formula is C58H97NO7P+. The summed E-state index contributed by atoms with van der Waals surface area (Å²) in [6.45, 7) is 5.26. The minimum Gasteiger partial charge on any atom is -0.457 e. The van der Waals surface area contributed by atoms with Gasteiger partial charge in [-0.3, -0.25) is 13.8 Å². The minimum atomic E-state index is -4.31. The average Bonchev–Trinajstić information content (AvgIpc) is 3.29. The lowest BCUT2D eigenvalue weighted by Gasteiger charge is -2.24. The van der Waals surface area contributed by atoms with Crippen molar-refractivity contribution in [2.45, 2.75) is 174 Å². The van der Waals surface area contributed by atoms with Crippen molar-refractivity contribution >= 4 is 13.8 Å². The van der Waals surface area contributed by atoms with Crippen molar-refractivity contribution in [3.05, 3.63) is 134 Å². The highest BCUT2D eigenvalue weighted by atomic mass is 31.2. The van der Waals surface area contributed by atoms with Crippen molar-refractivity contribution in [2.75, 3.05) is 54.1 Å². The van der Waals surface area contributed by atoms with Crippen LogP contribution < -0.4 is 0 Å². The number of quaternary nitrogens is 1. The van der Waals surface area contributed by atoms with E-state index in [2.05, 4.69) is 148 Å². The van der Waals surface area contributed by atoms with Crippen LogP contribution in [0, 0.1) is 0 Å². The lowest BCUT2D eigenvalue weighted by molar-refractivity contribution is -0.870. The molecule has 380 valence electrons. The summed E-state index contributed by atoms with van der Waals surface area (Å²) in [5.74, 6) is -0.343. The Morgan fingerprint density at radius 2 is 0.821 bits per heavy atom. The van der Waals surface area contributed by atoms with E-state index in [0.717, 1.165) is 128 Å². The molecule has 9 heteroatoms. The van der Waals surface area contributed by atoms with Crippen LogP contribution in [-0.2, 0) is 27.9 Å². The zero-order chi connectivity index (χ0) is 49.0. The first-order valence-corrected chi connectivity index (χ1v) is 27.4. The Labute approximate surface area is 411 Å². The number of esters is 1. The first-order valence-electron chi connectivity index (χ1n) is 25.9. The van der Waals surface area contributed by atoms with Gasteiger partial charge in [0, 0.05) is 13.0 Å². The van der Waals surface area contributed by atoms with Gasteiger partial charge in [-0.2, -0.15) is 0 Å². The third-order valence-corrected chi connectivity index (χ3v) is 11.2. The summed E-state index contributed by atoms with van der Waals surface area (Å²) >= 11 is 0. The van der Waals surface area contributed by atoms with Gasteiger partial charge in [-0.1, -0.05) is 186 Å². The molecule has 0 radical (unpaired) electrons. The van der Waals surface area contributed by atoms with Gasteiger partial charge in [-0.05, 0) is 109 Å². The first kappa shape index (κ1) is 63.6. The smallest absolute Gasteiger partial charge is 0.457 e. The van der Waals surface area contributed by atoms with E-state index in [1.165, 1.54) is 19.3 Å². The van der Waals surface area contributed by atoms with Gasteiger partial charge in [0.2, 0.25) is 0 Å². The molecule has 67 heavy (non-hydrogen) atoms. The number of rotatable bonds is 46. The van der Waals surface area contributed by atoms with Gasteiger partial charge in [0.25, 0.3) is 0 Å². The van der Waals surface area contributed by atoms with Gasteiger partial charge >= 0.3 is 13.8 Å². The van der Waals surface area contributed by atoms with Crippen molar-refractivity contribution in [2.24, 2.45) is 0 Å². The number of nitrogens with zero attached hydrogens (tertiary/aromatic N) is 1. The molecule has 0 bridgehead atoms. The molecule has 0 rings (SSSR count). The van der Waals surface area contributed by atoms with Crippen LogP contribution in [0.2, 0.25) is 0 Å². The number of likely N-dealkylation sites (N-methyl/N-ethyl adjacent to an activating group) is 1. The fourth-order valence-electron chi connectivity index (χ4n) is 6.29. The highest BCUT2D eigenvalue weighted by molar-refractivity contribution is 7.47. The van der Waals surface area contributed by atoms with Crippen LogP contribution in [0.1, 0.15) is 168 Å². The van der Waals surface area contributed by atoms with E-state index in [1.54, 1.807) is 0 Å². The number of unbranched alkanes of at least 4 members (excludes halogenated alkanes) is 10. The largest absolute Gasteiger partial charge is 0.472 e. The molecule has 2 unspecified atom stereocenters. The van der Waals surface area contributed by atoms with E-state index in [4.69, 9.17) is 18.5 Å². The maximum atomic E-state index is 12.8. The standard InChI is InChI=1S/C58H96NO7P/c1-6-8-10-12-14-16-18-20-22-24-26-28-30-31-33-35-37-39-41-43-45-47-49-51-58(60)66-57(56-65-67(61,62)64-54-52-59(3,4)5)55-63-53-50-48-46-44-42-40-38-36-34-32-29-27-25-23-21-19-17-15-13-11-9-7-2/h8-11,14-17,20-23,26-29,31,33-34,36,40,42,57H,6-7,12-13,18-19,24-25,30,32,35,37-39,41,43-56H2,1-5H3/p+1/b10-8-,11-9-,16-14-,17-15-,22-20-,23-21-,28-26-,29-27-,33-31-,36-34-,42-40-. The number of hydrogen-bond acceptors (Lipinski definition) is 6. The molecule has 0 heterocycles. The summed E-state index contributed by atoms with van der Waals surface area (Å²) in [7, 11) is 1.61. The van der Waals surface area contributed by atoms with Crippen LogP contribution in [0.3, 0.4) is 0 Å².